The predicted molar refractivity (Wildman–Crippen MR) is 130 cm³/mol. The molecule has 0 atom stereocenters. The summed E-state index contributed by atoms with van der Waals surface area (Å²) in [6.07, 6.45) is 13.1. The zero-order valence-electron chi connectivity index (χ0n) is 18.3. The molecule has 1 N–H and O–H groups in total. The Hall–Kier alpha value is -2.31. The van der Waals surface area contributed by atoms with E-state index in [0.717, 1.165) is 63.3 Å². The van der Waals surface area contributed by atoms with Crippen LogP contribution >= 0.6 is 11.3 Å². The van der Waals surface area contributed by atoms with Crippen molar-refractivity contribution in [1.82, 2.24) is 20.3 Å². The summed E-state index contributed by atoms with van der Waals surface area (Å²) in [6, 6.07) is 6.79. The van der Waals surface area contributed by atoms with E-state index in [1.54, 1.807) is 0 Å². The number of piperidine rings is 1. The minimum Gasteiger partial charge on any atom is -0.341 e. The van der Waals surface area contributed by atoms with Gasteiger partial charge in [-0.25, -0.2) is 15.0 Å². The number of nitrogens with one attached hydrogen (secondary N) is 1. The van der Waals surface area contributed by atoms with Crippen molar-refractivity contribution in [2.45, 2.75) is 45.4 Å². The lowest BCUT2D eigenvalue weighted by atomic mass is 9.94. The number of aryl methyl sites for hydroxylation is 1. The van der Waals surface area contributed by atoms with Gasteiger partial charge in [0.25, 0.3) is 0 Å². The first-order chi connectivity index (χ1) is 15.3. The molecule has 0 saturated carbocycles. The van der Waals surface area contributed by atoms with Crippen LogP contribution in [-0.2, 0) is 12.8 Å². The Labute approximate surface area is 188 Å². The summed E-state index contributed by atoms with van der Waals surface area (Å²) >= 11 is 1.88. The van der Waals surface area contributed by atoms with Crippen LogP contribution < -0.4 is 10.2 Å². The molecule has 0 amide bonds. The van der Waals surface area contributed by atoms with Gasteiger partial charge in [-0.3, -0.25) is 0 Å². The average molecular weight is 434 g/mol. The van der Waals surface area contributed by atoms with Gasteiger partial charge in [0.15, 0.2) is 0 Å². The fraction of sp³-hybridized carbons (Fsp3) is 0.480. The summed E-state index contributed by atoms with van der Waals surface area (Å²) in [7, 11) is 0. The average Bonchev–Trinajstić information content (AvgIpc) is 3.22. The molecular weight excluding hydrogens is 402 g/mol. The molecule has 5 rings (SSSR count). The molecule has 2 aliphatic heterocycles. The largest absolute Gasteiger partial charge is 0.341 e. The number of aromatic nitrogens is 3. The summed E-state index contributed by atoms with van der Waals surface area (Å²) < 4.78 is 1.32. The first-order valence-electron chi connectivity index (χ1n) is 11.6. The van der Waals surface area contributed by atoms with E-state index in [4.69, 9.17) is 4.98 Å². The summed E-state index contributed by atoms with van der Waals surface area (Å²) in [4.78, 5) is 16.5. The number of hydrogen-bond acceptors (Lipinski definition) is 6. The van der Waals surface area contributed by atoms with E-state index in [2.05, 4.69) is 51.4 Å². The quantitative estimate of drug-likeness (QED) is 0.601. The molecule has 0 aliphatic carbocycles. The number of nitrogens with zero attached hydrogens (tertiary/aromatic N) is 4. The van der Waals surface area contributed by atoms with Crippen LogP contribution in [0, 0.1) is 5.92 Å². The van der Waals surface area contributed by atoms with Crippen molar-refractivity contribution in [2.24, 2.45) is 5.92 Å². The third kappa shape index (κ3) is 4.80. The van der Waals surface area contributed by atoms with Gasteiger partial charge in [-0.1, -0.05) is 25.5 Å². The van der Waals surface area contributed by atoms with Crippen molar-refractivity contribution < 1.29 is 0 Å². The normalized spacial score (nSPS) is 17.8. The minimum absolute atomic E-state index is 0.697. The zero-order chi connectivity index (χ0) is 21.0. The molecule has 0 unspecified atom stereocenters. The van der Waals surface area contributed by atoms with Crippen LogP contribution in [0.5, 0.6) is 0 Å². The highest BCUT2D eigenvalue weighted by atomic mass is 32.1. The topological polar surface area (TPSA) is 53.9 Å². The van der Waals surface area contributed by atoms with Crippen molar-refractivity contribution in [1.29, 1.82) is 0 Å². The van der Waals surface area contributed by atoms with E-state index in [-0.39, 0.29) is 0 Å². The number of anilines is 1. The van der Waals surface area contributed by atoms with Gasteiger partial charge in [0, 0.05) is 38.4 Å². The molecule has 0 radical (unpaired) electrons. The fourth-order valence-electron chi connectivity index (χ4n) is 4.66. The van der Waals surface area contributed by atoms with Gasteiger partial charge in [-0.05, 0) is 67.0 Å². The molecular formula is C25H31N5S. The molecule has 1 aromatic carbocycles. The van der Waals surface area contributed by atoms with E-state index in [1.165, 1.54) is 39.2 Å². The van der Waals surface area contributed by atoms with Crippen molar-refractivity contribution in [3.8, 4) is 0 Å². The fourth-order valence-corrected chi connectivity index (χ4v) is 5.78. The predicted octanol–water partition coefficient (Wildman–Crippen LogP) is 4.87. The molecule has 1 saturated heterocycles. The van der Waals surface area contributed by atoms with Crippen LogP contribution in [0.15, 0.2) is 36.7 Å². The van der Waals surface area contributed by atoms with Crippen LogP contribution in [0.3, 0.4) is 0 Å². The maximum atomic E-state index is 4.95. The summed E-state index contributed by atoms with van der Waals surface area (Å²) in [5.74, 6) is 1.58. The van der Waals surface area contributed by atoms with Gasteiger partial charge in [0.2, 0.25) is 5.95 Å². The lowest BCUT2D eigenvalue weighted by molar-refractivity contribution is 0.400. The third-order valence-corrected chi connectivity index (χ3v) is 7.50. The Balaban J connectivity index is 1.20. The van der Waals surface area contributed by atoms with Crippen LogP contribution in [0.2, 0.25) is 0 Å². The van der Waals surface area contributed by atoms with E-state index in [0.29, 0.717) is 5.92 Å². The highest BCUT2D eigenvalue weighted by Crippen LogP contribution is 2.31. The Morgan fingerprint density at radius 1 is 1.16 bits per heavy atom. The maximum absolute atomic E-state index is 4.95. The van der Waals surface area contributed by atoms with Crippen LogP contribution in [0.25, 0.3) is 15.8 Å². The first kappa shape index (κ1) is 20.6. The van der Waals surface area contributed by atoms with E-state index in [9.17, 15) is 0 Å². The molecule has 31 heavy (non-hydrogen) atoms. The second kappa shape index (κ2) is 9.45. The molecule has 0 spiro atoms. The standard InChI is InChI=1S/C25H31N5S/c1-2-3-19-16-27-25(28-17-19)30-12-8-18(9-13-30)14-24-29-22-5-4-21(15-23(22)31-24)20-6-10-26-11-7-20/h4-6,15-18,26H,2-3,7-14H2,1H3. The van der Waals surface area contributed by atoms with Gasteiger partial charge in [0.05, 0.1) is 15.2 Å². The molecule has 2 aromatic heterocycles. The van der Waals surface area contributed by atoms with E-state index >= 15 is 0 Å². The van der Waals surface area contributed by atoms with Crippen molar-refractivity contribution in [3.63, 3.8) is 0 Å². The second-order valence-electron chi connectivity index (χ2n) is 8.75. The highest BCUT2D eigenvalue weighted by molar-refractivity contribution is 7.18. The molecule has 2 aliphatic rings. The van der Waals surface area contributed by atoms with Gasteiger partial charge >= 0.3 is 0 Å². The first-order valence-corrected chi connectivity index (χ1v) is 12.5. The molecule has 0 bridgehead atoms. The number of benzene rings is 1. The Kier molecular flexibility index (Phi) is 6.27. The number of rotatable bonds is 6. The summed E-state index contributed by atoms with van der Waals surface area (Å²) in [5, 5.41) is 4.68. The number of hydrogen-bond donors (Lipinski definition) is 1. The van der Waals surface area contributed by atoms with E-state index in [1.807, 2.05) is 23.7 Å². The maximum Gasteiger partial charge on any atom is 0.225 e. The molecule has 1 fully saturated rings. The van der Waals surface area contributed by atoms with Crippen LogP contribution in [0.4, 0.5) is 5.95 Å². The molecule has 3 aromatic rings. The monoisotopic (exact) mass is 433 g/mol. The highest BCUT2D eigenvalue weighted by Gasteiger charge is 2.22. The smallest absolute Gasteiger partial charge is 0.225 e. The van der Waals surface area contributed by atoms with E-state index < -0.39 is 0 Å². The Morgan fingerprint density at radius 2 is 2.00 bits per heavy atom. The van der Waals surface area contributed by atoms with Crippen molar-refractivity contribution in [3.05, 3.63) is 52.8 Å². The minimum atomic E-state index is 0.697. The molecule has 6 heteroatoms. The second-order valence-corrected chi connectivity index (χ2v) is 9.86. The number of fused-ring (bicyclic) bond motifs is 1. The molecule has 5 nitrogen and oxygen atoms in total. The van der Waals surface area contributed by atoms with Gasteiger partial charge in [-0.2, -0.15) is 0 Å². The van der Waals surface area contributed by atoms with Crippen molar-refractivity contribution in [2.75, 3.05) is 31.1 Å². The van der Waals surface area contributed by atoms with Gasteiger partial charge in [0.1, 0.15) is 0 Å². The Morgan fingerprint density at radius 3 is 2.74 bits per heavy atom. The van der Waals surface area contributed by atoms with Crippen molar-refractivity contribution >= 4 is 33.1 Å². The third-order valence-electron chi connectivity index (χ3n) is 6.46. The number of thiazole rings is 1. The zero-order valence-corrected chi connectivity index (χ0v) is 19.1. The van der Waals surface area contributed by atoms with Gasteiger partial charge < -0.3 is 10.2 Å². The van der Waals surface area contributed by atoms with Crippen LogP contribution in [-0.4, -0.2) is 41.1 Å². The molecule has 162 valence electrons. The lowest BCUT2D eigenvalue weighted by Gasteiger charge is -2.31. The lowest BCUT2D eigenvalue weighted by Crippen LogP contribution is -2.35. The molecule has 4 heterocycles. The summed E-state index contributed by atoms with van der Waals surface area (Å²) in [6.45, 7) is 6.32. The SMILES string of the molecule is CCCc1cnc(N2CCC(Cc3nc4ccc(C5=CCNCC5)cc4s3)CC2)nc1. The Bertz CT molecular complexity index is 1050. The van der Waals surface area contributed by atoms with Gasteiger partial charge in [-0.15, -0.1) is 11.3 Å². The van der Waals surface area contributed by atoms with Crippen LogP contribution in [0.1, 0.15) is 48.7 Å². The summed E-state index contributed by atoms with van der Waals surface area (Å²) in [5.41, 5.74) is 5.21.